The molecule has 4 N–H and O–H groups in total. The normalized spacial score (nSPS) is 29.1. The Labute approximate surface area is 285 Å². The van der Waals surface area contributed by atoms with Crippen LogP contribution in [-0.2, 0) is 22.6 Å². The van der Waals surface area contributed by atoms with E-state index in [2.05, 4.69) is 56.1 Å². The second-order valence-corrected chi connectivity index (χ2v) is 15.3. The number of nitrogens with one attached hydrogen (secondary N) is 3. The molecule has 3 unspecified atom stereocenters. The van der Waals surface area contributed by atoms with Crippen molar-refractivity contribution >= 4 is 17.8 Å². The topological polar surface area (TPSA) is 121 Å². The lowest BCUT2D eigenvalue weighted by Crippen LogP contribution is -2.61. The summed E-state index contributed by atoms with van der Waals surface area (Å²) in [6.07, 6.45) is 8.91. The predicted octanol–water partition coefficient (Wildman–Crippen LogP) is 7.07. The Morgan fingerprint density at radius 3 is 2.31 bits per heavy atom. The Morgan fingerprint density at radius 2 is 1.60 bits per heavy atom. The van der Waals surface area contributed by atoms with Gasteiger partial charge in [-0.15, -0.1) is 0 Å². The van der Waals surface area contributed by atoms with Crippen LogP contribution in [0.3, 0.4) is 0 Å². The molecule has 0 spiro atoms. The third-order valence-corrected chi connectivity index (χ3v) is 11.7. The lowest BCUT2D eigenvalue weighted by atomic mass is 9.53. The minimum atomic E-state index is -0.556. The highest BCUT2D eigenvalue weighted by Gasteiger charge is 2.51. The first-order chi connectivity index (χ1) is 23.5. The molecule has 4 aliphatic carbocycles. The molecule has 48 heavy (non-hydrogen) atoms. The summed E-state index contributed by atoms with van der Waals surface area (Å²) >= 11 is 1.58. The predicted molar refractivity (Wildman–Crippen MR) is 184 cm³/mol. The van der Waals surface area contributed by atoms with Gasteiger partial charge in [0.1, 0.15) is 6.33 Å². The largest absolute Gasteiger partial charge is 0.392 e. The number of aromatic nitrogens is 3. The smallest absolute Gasteiger partial charge is 0.315 e. The Hall–Kier alpha value is -3.70. The van der Waals surface area contributed by atoms with Crippen molar-refractivity contribution in [2.45, 2.75) is 87.3 Å². The van der Waals surface area contributed by atoms with Crippen molar-refractivity contribution in [2.75, 3.05) is 5.75 Å². The number of hydrogen-bond acceptors (Lipinski definition) is 7. The van der Waals surface area contributed by atoms with Crippen molar-refractivity contribution in [2.24, 2.45) is 17.8 Å². The summed E-state index contributed by atoms with van der Waals surface area (Å²) in [5.74, 6) is 3.08. The van der Waals surface area contributed by atoms with Crippen molar-refractivity contribution < 1.29 is 19.4 Å². The molecular formula is C38H43N5O4S. The molecule has 0 radical (unpaired) electrons. The van der Waals surface area contributed by atoms with E-state index in [1.165, 1.54) is 25.6 Å². The van der Waals surface area contributed by atoms with E-state index in [9.17, 15) is 9.90 Å². The first kappa shape index (κ1) is 31.6. The number of thioether (sulfide) groups is 1. The number of carbonyl (C=O) groups is 1. The fraction of sp³-hybridized carbons (Fsp3) is 0.447. The molecule has 3 aromatic carbocycles. The molecule has 9 nitrogen and oxygen atoms in total. The number of benzene rings is 3. The average Bonchev–Trinajstić information content (AvgIpc) is 3.63. The van der Waals surface area contributed by atoms with Gasteiger partial charge in [-0.1, -0.05) is 72.4 Å². The number of urea groups is 1. The van der Waals surface area contributed by atoms with E-state index < -0.39 is 6.29 Å². The van der Waals surface area contributed by atoms with Gasteiger partial charge in [0, 0.05) is 29.8 Å². The Kier molecular flexibility index (Phi) is 8.98. The standard InChI is InChI=1S/C38H43N5O4S/c44-21-24-7-9-29(10-8-24)34-16-33(22-48-37-40-23-41-43-37)46-35(47-34)32-6-2-5-31(15-32)30-4-1-3-25(14-30)20-39-36(45)42-38-17-26-11-27(18-38)13-28(12-26)19-38/h1-10,14-15,23,26-28,33-35,44H,11-13,16-22H2,(H2,39,42,45)(H,40,41,43). The summed E-state index contributed by atoms with van der Waals surface area (Å²) in [5.41, 5.74) is 6.05. The number of aliphatic hydroxyl groups is 1. The third-order valence-electron chi connectivity index (χ3n) is 10.7. The van der Waals surface area contributed by atoms with Crippen LogP contribution >= 0.6 is 11.8 Å². The maximum Gasteiger partial charge on any atom is 0.315 e. The minimum Gasteiger partial charge on any atom is -0.392 e. The van der Waals surface area contributed by atoms with Crippen LogP contribution in [0.4, 0.5) is 4.79 Å². The van der Waals surface area contributed by atoms with Gasteiger partial charge in [0.15, 0.2) is 11.4 Å². The lowest BCUT2D eigenvalue weighted by molar-refractivity contribution is -0.245. The molecule has 1 saturated heterocycles. The van der Waals surface area contributed by atoms with Crippen molar-refractivity contribution in [3.05, 3.63) is 101 Å². The van der Waals surface area contributed by atoms with Crippen molar-refractivity contribution in [1.29, 1.82) is 0 Å². The monoisotopic (exact) mass is 665 g/mol. The molecule has 1 aromatic heterocycles. The number of ether oxygens (including phenoxy) is 2. The van der Waals surface area contributed by atoms with Gasteiger partial charge in [0.2, 0.25) is 0 Å². The summed E-state index contributed by atoms with van der Waals surface area (Å²) in [7, 11) is 0. The molecule has 5 aliphatic rings. The van der Waals surface area contributed by atoms with Crippen LogP contribution < -0.4 is 10.6 Å². The number of carbonyl (C=O) groups excluding carboxylic acids is 1. The highest BCUT2D eigenvalue weighted by atomic mass is 32.2. The molecule has 4 bridgehead atoms. The summed E-state index contributed by atoms with van der Waals surface area (Å²) in [5, 5.41) is 23.7. The highest BCUT2D eigenvalue weighted by Crippen LogP contribution is 2.55. The summed E-state index contributed by atoms with van der Waals surface area (Å²) in [6, 6.07) is 24.6. The van der Waals surface area contributed by atoms with Crippen LogP contribution in [0, 0.1) is 17.8 Å². The lowest BCUT2D eigenvalue weighted by Gasteiger charge is -2.56. The van der Waals surface area contributed by atoms with Crippen LogP contribution in [0.1, 0.15) is 79.6 Å². The average molecular weight is 666 g/mol. The number of rotatable bonds is 10. The van der Waals surface area contributed by atoms with Gasteiger partial charge in [0.05, 0.1) is 18.8 Å². The first-order valence-electron chi connectivity index (χ1n) is 17.2. The maximum atomic E-state index is 13.1. The van der Waals surface area contributed by atoms with Crippen molar-refractivity contribution in [1.82, 2.24) is 25.8 Å². The molecule has 9 rings (SSSR count). The number of H-pyrrole nitrogens is 1. The molecule has 2 heterocycles. The first-order valence-corrected chi connectivity index (χ1v) is 18.2. The van der Waals surface area contributed by atoms with Gasteiger partial charge < -0.3 is 25.2 Å². The Bertz CT molecular complexity index is 1680. The van der Waals surface area contributed by atoms with Crippen LogP contribution in [0.2, 0.25) is 0 Å². The van der Waals surface area contributed by atoms with Gasteiger partial charge in [-0.05, 0) is 96.2 Å². The van der Waals surface area contributed by atoms with Crippen LogP contribution in [0.25, 0.3) is 11.1 Å². The van der Waals surface area contributed by atoms with Crippen molar-refractivity contribution in [3.63, 3.8) is 0 Å². The second-order valence-electron chi connectivity index (χ2n) is 14.3. The molecule has 3 atom stereocenters. The molecule has 4 saturated carbocycles. The number of aromatic amines is 1. The van der Waals surface area contributed by atoms with Crippen LogP contribution in [0.5, 0.6) is 0 Å². The van der Waals surface area contributed by atoms with E-state index in [1.807, 2.05) is 42.5 Å². The summed E-state index contributed by atoms with van der Waals surface area (Å²) in [4.78, 5) is 17.4. The van der Waals surface area contributed by atoms with E-state index >= 15 is 0 Å². The molecule has 1 aliphatic heterocycles. The van der Waals surface area contributed by atoms with E-state index in [1.54, 1.807) is 11.8 Å². The SMILES string of the molecule is O=C(NCc1cccc(-c2cccc(C3OC(CSc4ncn[nH]4)CC(c4ccc(CO)cc4)O3)c2)c1)NC12CC3CC(CC(C3)C1)C2. The van der Waals surface area contributed by atoms with Crippen LogP contribution in [0.15, 0.2) is 84.3 Å². The Balaban J connectivity index is 0.949. The molecular weight excluding hydrogens is 623 g/mol. The zero-order chi connectivity index (χ0) is 32.5. The van der Waals surface area contributed by atoms with E-state index in [-0.39, 0.29) is 30.4 Å². The molecule has 10 heteroatoms. The maximum absolute atomic E-state index is 13.1. The van der Waals surface area contributed by atoms with Gasteiger partial charge in [-0.2, -0.15) is 5.10 Å². The van der Waals surface area contributed by atoms with Gasteiger partial charge in [-0.25, -0.2) is 9.78 Å². The van der Waals surface area contributed by atoms with E-state index in [0.29, 0.717) is 18.7 Å². The number of hydrogen-bond donors (Lipinski definition) is 4. The number of amides is 2. The summed E-state index contributed by atoms with van der Waals surface area (Å²) < 4.78 is 13.1. The number of aliphatic hydroxyl groups excluding tert-OH is 1. The molecule has 250 valence electrons. The Morgan fingerprint density at radius 1 is 0.875 bits per heavy atom. The highest BCUT2D eigenvalue weighted by molar-refractivity contribution is 7.99. The summed E-state index contributed by atoms with van der Waals surface area (Å²) in [6.45, 7) is 0.481. The van der Waals surface area contributed by atoms with E-state index in [4.69, 9.17) is 9.47 Å². The molecule has 4 aromatic rings. The second kappa shape index (κ2) is 13.7. The van der Waals surface area contributed by atoms with Gasteiger partial charge in [-0.3, -0.25) is 5.10 Å². The van der Waals surface area contributed by atoms with Crippen molar-refractivity contribution in [3.8, 4) is 11.1 Å². The quantitative estimate of drug-likeness (QED) is 0.134. The number of nitrogens with zero attached hydrogens (tertiary/aromatic N) is 2. The van der Waals surface area contributed by atoms with Crippen LogP contribution in [-0.4, -0.2) is 43.7 Å². The van der Waals surface area contributed by atoms with Gasteiger partial charge in [0.25, 0.3) is 0 Å². The zero-order valence-electron chi connectivity index (χ0n) is 27.0. The molecule has 5 fully saturated rings. The molecule has 2 amide bonds. The fourth-order valence-electron chi connectivity index (χ4n) is 8.92. The fourth-order valence-corrected chi connectivity index (χ4v) is 9.71. The van der Waals surface area contributed by atoms with Gasteiger partial charge >= 0.3 is 6.03 Å². The van der Waals surface area contributed by atoms with E-state index in [0.717, 1.165) is 75.6 Å². The third kappa shape index (κ3) is 7.03. The minimum absolute atomic E-state index is 0.0000565. The zero-order valence-corrected chi connectivity index (χ0v) is 27.8.